The molecule has 1 unspecified atom stereocenters. The van der Waals surface area contributed by atoms with Gasteiger partial charge >= 0.3 is 0 Å². The summed E-state index contributed by atoms with van der Waals surface area (Å²) < 4.78 is 7.68. The number of aryl methyl sites for hydroxylation is 3. The normalized spacial score (nSPS) is 16.5. The quantitative estimate of drug-likeness (QED) is 0.587. The molecule has 1 saturated heterocycles. The molecule has 1 aliphatic rings. The average molecular weight is 440 g/mol. The van der Waals surface area contributed by atoms with E-state index < -0.39 is 0 Å². The smallest absolute Gasteiger partial charge is 0.224 e. The van der Waals surface area contributed by atoms with Crippen LogP contribution in [0.15, 0.2) is 42.6 Å². The van der Waals surface area contributed by atoms with Gasteiger partial charge in [-0.05, 0) is 37.1 Å². The van der Waals surface area contributed by atoms with Crippen molar-refractivity contribution in [1.29, 1.82) is 0 Å². The van der Waals surface area contributed by atoms with Gasteiger partial charge in [0.05, 0.1) is 25.4 Å². The third-order valence-electron chi connectivity index (χ3n) is 5.45. The number of amides is 1. The Kier molecular flexibility index (Phi) is 6.63. The average Bonchev–Trinajstić information content (AvgIpc) is 3.11. The van der Waals surface area contributed by atoms with E-state index in [1.54, 1.807) is 4.68 Å². The zero-order valence-corrected chi connectivity index (χ0v) is 18.5. The fourth-order valence-corrected chi connectivity index (χ4v) is 3.98. The van der Waals surface area contributed by atoms with E-state index in [9.17, 15) is 4.79 Å². The van der Waals surface area contributed by atoms with Crippen LogP contribution < -0.4 is 0 Å². The number of rotatable bonds is 6. The number of nitrogens with zero attached hydrogens (tertiary/aromatic N) is 5. The highest BCUT2D eigenvalue weighted by Crippen LogP contribution is 2.23. The van der Waals surface area contributed by atoms with Crippen molar-refractivity contribution in [2.24, 2.45) is 0 Å². The number of benzene rings is 1. The van der Waals surface area contributed by atoms with Gasteiger partial charge < -0.3 is 9.64 Å². The van der Waals surface area contributed by atoms with Gasteiger partial charge in [-0.1, -0.05) is 35.9 Å². The van der Waals surface area contributed by atoms with Crippen LogP contribution in [-0.2, 0) is 22.5 Å². The second-order valence-electron chi connectivity index (χ2n) is 7.74. The number of hydrogen-bond acceptors (Lipinski definition) is 5. The van der Waals surface area contributed by atoms with Crippen LogP contribution in [0.4, 0.5) is 0 Å². The lowest BCUT2D eigenvalue weighted by Gasteiger charge is -2.32. The highest BCUT2D eigenvalue weighted by atomic mass is 35.5. The maximum Gasteiger partial charge on any atom is 0.224 e. The van der Waals surface area contributed by atoms with Crippen LogP contribution in [0.5, 0.6) is 0 Å². The Bertz CT molecular complexity index is 1050. The van der Waals surface area contributed by atoms with Crippen molar-refractivity contribution in [1.82, 2.24) is 24.6 Å². The van der Waals surface area contributed by atoms with Gasteiger partial charge in [0.1, 0.15) is 17.8 Å². The lowest BCUT2D eigenvalue weighted by atomic mass is 10.1. The molecule has 1 aromatic carbocycles. The Morgan fingerprint density at radius 1 is 1.23 bits per heavy atom. The maximum absolute atomic E-state index is 12.7. The molecule has 2 aromatic heterocycles. The SMILES string of the molecule is Cc1nc(C)n(CCC(=O)N2CCOC(c3ccc(Cc4ccccc4Cl)cn3)C2)n1. The van der Waals surface area contributed by atoms with Crippen LogP contribution in [0, 0.1) is 13.8 Å². The third-order valence-corrected chi connectivity index (χ3v) is 5.82. The summed E-state index contributed by atoms with van der Waals surface area (Å²) in [4.78, 5) is 23.5. The Balaban J connectivity index is 1.35. The molecule has 0 saturated carbocycles. The van der Waals surface area contributed by atoms with Crippen LogP contribution >= 0.6 is 11.6 Å². The van der Waals surface area contributed by atoms with Crippen molar-refractivity contribution >= 4 is 17.5 Å². The summed E-state index contributed by atoms with van der Waals surface area (Å²) in [6.45, 7) is 5.88. The number of pyridine rings is 1. The summed E-state index contributed by atoms with van der Waals surface area (Å²) in [5, 5.41) is 5.08. The van der Waals surface area contributed by atoms with E-state index in [2.05, 4.69) is 15.1 Å². The van der Waals surface area contributed by atoms with E-state index in [4.69, 9.17) is 16.3 Å². The minimum absolute atomic E-state index is 0.0937. The second-order valence-corrected chi connectivity index (χ2v) is 8.15. The number of aromatic nitrogens is 4. The molecule has 8 heteroatoms. The van der Waals surface area contributed by atoms with Crippen molar-refractivity contribution in [2.45, 2.75) is 39.3 Å². The van der Waals surface area contributed by atoms with Crippen LogP contribution in [0.1, 0.15) is 41.0 Å². The minimum Gasteiger partial charge on any atom is -0.368 e. The number of halogens is 1. The van der Waals surface area contributed by atoms with Gasteiger partial charge in [0, 0.05) is 30.6 Å². The Labute approximate surface area is 187 Å². The van der Waals surface area contributed by atoms with E-state index in [1.807, 2.05) is 61.3 Å². The molecule has 0 radical (unpaired) electrons. The first-order valence-corrected chi connectivity index (χ1v) is 10.8. The molecule has 0 spiro atoms. The zero-order chi connectivity index (χ0) is 21.8. The molecular formula is C23H26ClN5O2. The van der Waals surface area contributed by atoms with Gasteiger partial charge in [-0.2, -0.15) is 5.10 Å². The summed E-state index contributed by atoms with van der Waals surface area (Å²) in [5.74, 6) is 1.64. The predicted molar refractivity (Wildman–Crippen MR) is 118 cm³/mol. The van der Waals surface area contributed by atoms with Crippen LogP contribution in [0.25, 0.3) is 0 Å². The molecule has 31 heavy (non-hydrogen) atoms. The molecule has 4 rings (SSSR count). The fraction of sp³-hybridized carbons (Fsp3) is 0.391. The molecule has 0 aliphatic carbocycles. The van der Waals surface area contributed by atoms with E-state index in [0.29, 0.717) is 32.7 Å². The predicted octanol–water partition coefficient (Wildman–Crippen LogP) is 3.52. The maximum atomic E-state index is 12.7. The largest absolute Gasteiger partial charge is 0.368 e. The molecular weight excluding hydrogens is 414 g/mol. The number of morpholine rings is 1. The molecule has 0 N–H and O–H groups in total. The van der Waals surface area contributed by atoms with E-state index in [1.165, 1.54) is 0 Å². The van der Waals surface area contributed by atoms with Crippen molar-refractivity contribution in [2.75, 3.05) is 19.7 Å². The first-order chi connectivity index (χ1) is 15.0. The molecule has 162 valence electrons. The number of hydrogen-bond donors (Lipinski definition) is 0. The number of carbonyl (C=O) groups is 1. The van der Waals surface area contributed by atoms with Crippen LogP contribution in [0.2, 0.25) is 5.02 Å². The van der Waals surface area contributed by atoms with Crippen molar-refractivity contribution < 1.29 is 9.53 Å². The fourth-order valence-electron chi connectivity index (χ4n) is 3.78. The highest BCUT2D eigenvalue weighted by Gasteiger charge is 2.26. The van der Waals surface area contributed by atoms with Gasteiger partial charge in [-0.15, -0.1) is 0 Å². The van der Waals surface area contributed by atoms with Gasteiger partial charge in [-0.25, -0.2) is 9.67 Å². The summed E-state index contributed by atoms with van der Waals surface area (Å²) in [6.07, 6.45) is 2.76. The van der Waals surface area contributed by atoms with Crippen molar-refractivity contribution in [3.63, 3.8) is 0 Å². The lowest BCUT2D eigenvalue weighted by Crippen LogP contribution is -2.42. The zero-order valence-electron chi connectivity index (χ0n) is 17.8. The van der Waals surface area contributed by atoms with Gasteiger partial charge in [-0.3, -0.25) is 9.78 Å². The molecule has 1 atom stereocenters. The van der Waals surface area contributed by atoms with Gasteiger partial charge in [0.2, 0.25) is 5.91 Å². The number of carbonyl (C=O) groups excluding carboxylic acids is 1. The molecule has 1 aliphatic heterocycles. The van der Waals surface area contributed by atoms with E-state index in [0.717, 1.165) is 39.9 Å². The van der Waals surface area contributed by atoms with Gasteiger partial charge in [0.25, 0.3) is 0 Å². The summed E-state index contributed by atoms with van der Waals surface area (Å²) >= 11 is 6.26. The topological polar surface area (TPSA) is 73.1 Å². The molecule has 0 bridgehead atoms. The third kappa shape index (κ3) is 5.29. The van der Waals surface area contributed by atoms with Gasteiger partial charge in [0.15, 0.2) is 0 Å². The minimum atomic E-state index is -0.220. The highest BCUT2D eigenvalue weighted by molar-refractivity contribution is 6.31. The van der Waals surface area contributed by atoms with E-state index >= 15 is 0 Å². The summed E-state index contributed by atoms with van der Waals surface area (Å²) in [7, 11) is 0. The summed E-state index contributed by atoms with van der Waals surface area (Å²) in [5.41, 5.74) is 2.99. The molecule has 1 amide bonds. The Morgan fingerprint density at radius 3 is 2.77 bits per heavy atom. The van der Waals surface area contributed by atoms with Crippen molar-refractivity contribution in [3.8, 4) is 0 Å². The van der Waals surface area contributed by atoms with E-state index in [-0.39, 0.29) is 12.0 Å². The number of ether oxygens (including phenoxy) is 1. The van der Waals surface area contributed by atoms with Crippen molar-refractivity contribution in [3.05, 3.63) is 76.1 Å². The Morgan fingerprint density at radius 2 is 2.06 bits per heavy atom. The molecule has 3 heterocycles. The first kappa shape index (κ1) is 21.5. The van der Waals surface area contributed by atoms with Crippen LogP contribution in [-0.4, -0.2) is 50.3 Å². The summed E-state index contributed by atoms with van der Waals surface area (Å²) in [6, 6.07) is 11.8. The first-order valence-electron chi connectivity index (χ1n) is 10.5. The molecule has 1 fully saturated rings. The molecule has 3 aromatic rings. The lowest BCUT2D eigenvalue weighted by molar-refractivity contribution is -0.139. The second kappa shape index (κ2) is 9.58. The van der Waals surface area contributed by atoms with Crippen LogP contribution in [0.3, 0.4) is 0 Å². The standard InChI is InChI=1S/C23H26ClN5O2/c1-16-26-17(2)29(27-16)10-9-23(30)28-11-12-31-22(15-28)21-8-7-18(14-25-21)13-19-5-3-4-6-20(19)24/h3-8,14,22H,9-13,15H2,1-2H3. The molecule has 7 nitrogen and oxygen atoms in total. The Hall–Kier alpha value is -2.77. The monoisotopic (exact) mass is 439 g/mol.